The molecule has 1 heterocycles. The van der Waals surface area contributed by atoms with Crippen LogP contribution >= 0.6 is 11.3 Å². The van der Waals surface area contributed by atoms with Crippen molar-refractivity contribution >= 4 is 29.3 Å². The standard InChI is InChI=1S/C26H25N3O5S/c1-14(24-29-22(13-35-24)25(31)32)27-23(30)15-10-16(11-15)28-26(33)34-12-21-19-8-4-2-6-17(19)18-7-3-5-9-20(18)21/h2-9,13-16,21H,10-12H2,1H3,(H,27,30)(H,28,33)(H,31,32). The van der Waals surface area contributed by atoms with Gasteiger partial charge in [0.1, 0.15) is 11.6 Å². The van der Waals surface area contributed by atoms with Gasteiger partial charge in [-0.3, -0.25) is 4.79 Å². The number of nitrogens with one attached hydrogen (secondary N) is 2. The van der Waals surface area contributed by atoms with E-state index in [-0.39, 0.29) is 42.1 Å². The molecule has 1 saturated carbocycles. The Morgan fingerprint density at radius 1 is 1.09 bits per heavy atom. The molecule has 2 amide bonds. The number of carboxylic acids is 1. The van der Waals surface area contributed by atoms with E-state index in [0.29, 0.717) is 17.8 Å². The molecule has 2 aliphatic carbocycles. The van der Waals surface area contributed by atoms with Gasteiger partial charge < -0.3 is 20.5 Å². The third kappa shape index (κ3) is 4.64. The van der Waals surface area contributed by atoms with E-state index >= 15 is 0 Å². The van der Waals surface area contributed by atoms with E-state index in [9.17, 15) is 14.4 Å². The van der Waals surface area contributed by atoms with Crippen molar-refractivity contribution in [1.82, 2.24) is 15.6 Å². The summed E-state index contributed by atoms with van der Waals surface area (Å²) in [5, 5.41) is 16.7. The highest BCUT2D eigenvalue weighted by Crippen LogP contribution is 2.44. The lowest BCUT2D eigenvalue weighted by molar-refractivity contribution is -0.128. The van der Waals surface area contributed by atoms with Crippen molar-refractivity contribution in [2.45, 2.75) is 37.8 Å². The quantitative estimate of drug-likeness (QED) is 0.453. The summed E-state index contributed by atoms with van der Waals surface area (Å²) in [6.07, 6.45) is 0.579. The third-order valence-electron chi connectivity index (χ3n) is 6.64. The van der Waals surface area contributed by atoms with Crippen molar-refractivity contribution in [1.29, 1.82) is 0 Å². The van der Waals surface area contributed by atoms with E-state index in [2.05, 4.69) is 39.9 Å². The summed E-state index contributed by atoms with van der Waals surface area (Å²) in [6, 6.07) is 15.9. The second-order valence-corrected chi connectivity index (χ2v) is 9.83. The lowest BCUT2D eigenvalue weighted by Crippen LogP contribution is -2.49. The van der Waals surface area contributed by atoms with Gasteiger partial charge >= 0.3 is 12.1 Å². The van der Waals surface area contributed by atoms with Crippen LogP contribution in [-0.2, 0) is 9.53 Å². The van der Waals surface area contributed by atoms with E-state index in [4.69, 9.17) is 9.84 Å². The summed E-state index contributed by atoms with van der Waals surface area (Å²) in [5.41, 5.74) is 4.65. The van der Waals surface area contributed by atoms with Crippen LogP contribution in [-0.4, -0.2) is 40.7 Å². The fraction of sp³-hybridized carbons (Fsp3) is 0.308. The number of hydrogen-bond acceptors (Lipinski definition) is 6. The van der Waals surface area contributed by atoms with Crippen LogP contribution in [0.25, 0.3) is 11.1 Å². The van der Waals surface area contributed by atoms with Gasteiger partial charge in [0, 0.05) is 23.3 Å². The van der Waals surface area contributed by atoms with Crippen LogP contribution in [0.3, 0.4) is 0 Å². The predicted octanol–water partition coefficient (Wildman–Crippen LogP) is 4.34. The number of amides is 2. The van der Waals surface area contributed by atoms with Gasteiger partial charge in [0.05, 0.1) is 6.04 Å². The number of carbonyl (C=O) groups is 3. The molecule has 1 atom stereocenters. The van der Waals surface area contributed by atoms with Crippen LogP contribution in [0.4, 0.5) is 4.79 Å². The molecule has 35 heavy (non-hydrogen) atoms. The lowest BCUT2D eigenvalue weighted by atomic mass is 9.79. The number of thiazole rings is 1. The molecule has 0 saturated heterocycles. The molecule has 0 radical (unpaired) electrons. The second-order valence-electron chi connectivity index (χ2n) is 8.94. The number of rotatable bonds is 7. The van der Waals surface area contributed by atoms with E-state index < -0.39 is 12.1 Å². The third-order valence-corrected chi connectivity index (χ3v) is 7.67. The topological polar surface area (TPSA) is 118 Å². The molecule has 0 bridgehead atoms. The van der Waals surface area contributed by atoms with Gasteiger partial charge in [-0.05, 0) is 42.0 Å². The maximum absolute atomic E-state index is 12.5. The fourth-order valence-electron chi connectivity index (χ4n) is 4.73. The van der Waals surface area contributed by atoms with Crippen molar-refractivity contribution in [2.75, 3.05) is 6.61 Å². The van der Waals surface area contributed by atoms with Crippen LogP contribution in [0, 0.1) is 5.92 Å². The molecule has 3 N–H and O–H groups in total. The molecule has 180 valence electrons. The van der Waals surface area contributed by atoms with Crippen LogP contribution < -0.4 is 10.6 Å². The number of aromatic carboxylic acids is 1. The number of alkyl carbamates (subject to hydrolysis) is 1. The highest BCUT2D eigenvalue weighted by Gasteiger charge is 2.37. The minimum atomic E-state index is -1.09. The number of fused-ring (bicyclic) bond motifs is 3. The van der Waals surface area contributed by atoms with Crippen LogP contribution in [0.1, 0.15) is 58.3 Å². The average molecular weight is 492 g/mol. The number of nitrogens with zero attached hydrogens (tertiary/aromatic N) is 1. The molecule has 1 fully saturated rings. The Bertz CT molecular complexity index is 1240. The van der Waals surface area contributed by atoms with E-state index in [1.165, 1.54) is 27.8 Å². The Kier molecular flexibility index (Phi) is 6.25. The van der Waals surface area contributed by atoms with Crippen molar-refractivity contribution in [3.05, 3.63) is 75.7 Å². The Labute approximate surface area is 206 Å². The number of hydrogen-bond donors (Lipinski definition) is 3. The molecule has 8 nitrogen and oxygen atoms in total. The monoisotopic (exact) mass is 491 g/mol. The molecule has 9 heteroatoms. The number of benzene rings is 2. The minimum absolute atomic E-state index is 0.00191. The molecule has 0 spiro atoms. The molecule has 2 aliphatic rings. The molecule has 5 rings (SSSR count). The Balaban J connectivity index is 1.09. The van der Waals surface area contributed by atoms with Crippen molar-refractivity contribution in [3.8, 4) is 11.1 Å². The van der Waals surface area contributed by atoms with Gasteiger partial charge in [0.15, 0.2) is 5.69 Å². The van der Waals surface area contributed by atoms with Gasteiger partial charge in [-0.15, -0.1) is 11.3 Å². The zero-order chi connectivity index (χ0) is 24.5. The Hall–Kier alpha value is -3.72. The first-order valence-electron chi connectivity index (χ1n) is 11.5. The van der Waals surface area contributed by atoms with E-state index in [1.807, 2.05) is 24.3 Å². The molecule has 0 aliphatic heterocycles. The maximum atomic E-state index is 12.5. The summed E-state index contributed by atoms with van der Waals surface area (Å²) < 4.78 is 5.58. The fourth-order valence-corrected chi connectivity index (χ4v) is 5.53. The first-order chi connectivity index (χ1) is 16.9. The number of aromatic nitrogens is 1. The van der Waals surface area contributed by atoms with Crippen molar-refractivity contribution in [3.63, 3.8) is 0 Å². The highest BCUT2D eigenvalue weighted by atomic mass is 32.1. The zero-order valence-corrected chi connectivity index (χ0v) is 19.9. The van der Waals surface area contributed by atoms with E-state index in [1.54, 1.807) is 6.92 Å². The summed E-state index contributed by atoms with van der Waals surface area (Å²) in [4.78, 5) is 40.0. The molecule has 2 aromatic carbocycles. The number of ether oxygens (including phenoxy) is 1. The average Bonchev–Trinajstić information content (AvgIpc) is 3.44. The summed E-state index contributed by atoms with van der Waals surface area (Å²) in [5.74, 6) is -1.43. The van der Waals surface area contributed by atoms with Gasteiger partial charge in [-0.2, -0.15) is 0 Å². The zero-order valence-electron chi connectivity index (χ0n) is 19.1. The van der Waals surface area contributed by atoms with Crippen LogP contribution in [0.15, 0.2) is 53.9 Å². The van der Waals surface area contributed by atoms with Gasteiger partial charge in [-0.1, -0.05) is 48.5 Å². The highest BCUT2D eigenvalue weighted by molar-refractivity contribution is 7.09. The van der Waals surface area contributed by atoms with Crippen LogP contribution in [0.2, 0.25) is 0 Å². The smallest absolute Gasteiger partial charge is 0.407 e. The van der Waals surface area contributed by atoms with Crippen LogP contribution in [0.5, 0.6) is 0 Å². The van der Waals surface area contributed by atoms with E-state index in [0.717, 1.165) is 11.1 Å². The lowest BCUT2D eigenvalue weighted by Gasteiger charge is -2.35. The molecule has 1 unspecified atom stereocenters. The molecule has 3 aromatic rings. The molecular weight excluding hydrogens is 466 g/mol. The number of carbonyl (C=O) groups excluding carboxylic acids is 2. The van der Waals surface area contributed by atoms with Gasteiger partial charge in [-0.25, -0.2) is 14.6 Å². The van der Waals surface area contributed by atoms with Gasteiger partial charge in [0.25, 0.3) is 0 Å². The molecular formula is C26H25N3O5S. The summed E-state index contributed by atoms with van der Waals surface area (Å²) >= 11 is 1.20. The first-order valence-corrected chi connectivity index (χ1v) is 12.4. The first kappa shape index (κ1) is 23.0. The molecule has 1 aromatic heterocycles. The van der Waals surface area contributed by atoms with Crippen molar-refractivity contribution < 1.29 is 24.2 Å². The minimum Gasteiger partial charge on any atom is -0.476 e. The predicted molar refractivity (Wildman–Crippen MR) is 130 cm³/mol. The summed E-state index contributed by atoms with van der Waals surface area (Å²) in [7, 11) is 0. The largest absolute Gasteiger partial charge is 0.476 e. The Morgan fingerprint density at radius 2 is 1.71 bits per heavy atom. The Morgan fingerprint density at radius 3 is 2.31 bits per heavy atom. The normalized spacial score (nSPS) is 19.1. The van der Waals surface area contributed by atoms with Gasteiger partial charge in [0.2, 0.25) is 5.91 Å². The number of carboxylic acid groups (broad SMARTS) is 1. The van der Waals surface area contributed by atoms with Crippen molar-refractivity contribution in [2.24, 2.45) is 5.92 Å². The SMILES string of the molecule is CC(NC(=O)C1CC(NC(=O)OCC2c3ccccc3-c3ccccc32)C1)c1nc(C(=O)O)cs1. The maximum Gasteiger partial charge on any atom is 0.407 e. The second kappa shape index (κ2) is 9.50. The summed E-state index contributed by atoms with van der Waals surface area (Å²) in [6.45, 7) is 2.02.